The third-order valence-electron chi connectivity index (χ3n) is 9.29. The van der Waals surface area contributed by atoms with E-state index in [9.17, 15) is 18.0 Å². The van der Waals surface area contributed by atoms with Crippen LogP contribution in [0.2, 0.25) is 0 Å². The maximum Gasteiger partial charge on any atom is 0.416 e. The van der Waals surface area contributed by atoms with Gasteiger partial charge in [0.05, 0.1) is 46.9 Å². The molecule has 2 fully saturated rings. The first-order valence-corrected chi connectivity index (χ1v) is 17.0. The molecule has 2 aromatic carbocycles. The molecule has 262 valence electrons. The standard InChI is InChI=1S/C38H40F3N5O4/c1-37(2,3)50-36(47)25-7-10-31-33(19-25)46(21-28-14-18-48-28)34(43-31)22-45-16-12-24(13-17-45)30-5-4-6-35(44-30)49-23-26-11-15-42-32-20-27(38(39,40)41)8-9-29(26)32/h4-11,15,19-20,24,28H,12-14,16-18,21-23H2,1-3H3. The number of alkyl halides is 3. The number of likely N-dealkylation sites (tertiary alicyclic amines) is 1. The Morgan fingerprint density at radius 3 is 2.48 bits per heavy atom. The number of rotatable bonds is 9. The van der Waals surface area contributed by atoms with Gasteiger partial charge >= 0.3 is 12.1 Å². The second-order valence-electron chi connectivity index (χ2n) is 14.1. The number of esters is 1. The summed E-state index contributed by atoms with van der Waals surface area (Å²) in [6.07, 6.45) is 0.0233. The van der Waals surface area contributed by atoms with Crippen LogP contribution in [0.3, 0.4) is 0 Å². The molecule has 9 nitrogen and oxygen atoms in total. The van der Waals surface area contributed by atoms with Crippen molar-refractivity contribution in [2.24, 2.45) is 0 Å². The molecule has 3 aromatic heterocycles. The number of fused-ring (bicyclic) bond motifs is 2. The Morgan fingerprint density at radius 1 is 0.960 bits per heavy atom. The molecular formula is C38H40F3N5O4. The summed E-state index contributed by atoms with van der Waals surface area (Å²) in [6.45, 7) is 9.59. The monoisotopic (exact) mass is 687 g/mol. The number of hydrogen-bond donors (Lipinski definition) is 0. The molecule has 2 aliphatic heterocycles. The van der Waals surface area contributed by atoms with Gasteiger partial charge in [-0.05, 0) is 95.6 Å². The Bertz CT molecular complexity index is 2010. The predicted molar refractivity (Wildman–Crippen MR) is 182 cm³/mol. The lowest BCUT2D eigenvalue weighted by molar-refractivity contribution is -0.137. The van der Waals surface area contributed by atoms with Crippen molar-refractivity contribution in [2.45, 2.75) is 83.5 Å². The molecule has 2 saturated heterocycles. The van der Waals surface area contributed by atoms with Crippen LogP contribution in [-0.2, 0) is 35.3 Å². The maximum absolute atomic E-state index is 13.2. The molecule has 2 aliphatic rings. The zero-order valence-electron chi connectivity index (χ0n) is 28.4. The van der Waals surface area contributed by atoms with Crippen molar-refractivity contribution in [3.05, 3.63) is 95.1 Å². The number of carbonyl (C=O) groups excluding carboxylic acids is 1. The molecule has 12 heteroatoms. The predicted octanol–water partition coefficient (Wildman–Crippen LogP) is 7.70. The lowest BCUT2D eigenvalue weighted by atomic mass is 9.93. The highest BCUT2D eigenvalue weighted by molar-refractivity contribution is 5.94. The Balaban J connectivity index is 1.01. The van der Waals surface area contributed by atoms with Gasteiger partial charge in [-0.25, -0.2) is 14.8 Å². The lowest BCUT2D eigenvalue weighted by Gasteiger charge is -2.32. The molecule has 0 amide bonds. The summed E-state index contributed by atoms with van der Waals surface area (Å²) in [5.74, 6) is 1.32. The molecule has 0 spiro atoms. The number of benzene rings is 2. The van der Waals surface area contributed by atoms with Gasteiger partial charge in [-0.2, -0.15) is 13.2 Å². The van der Waals surface area contributed by atoms with E-state index in [1.165, 1.54) is 12.3 Å². The van der Waals surface area contributed by atoms with Crippen molar-refractivity contribution >= 4 is 27.9 Å². The Morgan fingerprint density at radius 2 is 1.76 bits per heavy atom. The zero-order valence-corrected chi connectivity index (χ0v) is 28.4. The SMILES string of the molecule is CC(C)(C)OC(=O)c1ccc2nc(CN3CCC(c4cccc(OCc5ccnc6cc(C(F)(F)F)ccc56)n4)CC3)n(CC3CCO3)c2c1. The first-order valence-electron chi connectivity index (χ1n) is 17.0. The van der Waals surface area contributed by atoms with Gasteiger partial charge in [0.25, 0.3) is 0 Å². The van der Waals surface area contributed by atoms with Crippen molar-refractivity contribution in [3.63, 3.8) is 0 Å². The summed E-state index contributed by atoms with van der Waals surface area (Å²) in [6, 6.07) is 16.6. The topological polar surface area (TPSA) is 91.6 Å². The number of imidazole rings is 1. The zero-order chi connectivity index (χ0) is 35.0. The average Bonchev–Trinajstić information content (AvgIpc) is 3.40. The minimum Gasteiger partial charge on any atom is -0.473 e. The van der Waals surface area contributed by atoms with Crippen molar-refractivity contribution in [3.8, 4) is 5.88 Å². The number of halogens is 3. The van der Waals surface area contributed by atoms with Crippen molar-refractivity contribution in [1.82, 2.24) is 24.4 Å². The first-order chi connectivity index (χ1) is 23.9. The second-order valence-corrected chi connectivity index (χ2v) is 14.1. The van der Waals surface area contributed by atoms with E-state index in [2.05, 4.69) is 14.5 Å². The summed E-state index contributed by atoms with van der Waals surface area (Å²) >= 11 is 0. The summed E-state index contributed by atoms with van der Waals surface area (Å²) in [4.78, 5) is 29.2. The fourth-order valence-electron chi connectivity index (χ4n) is 6.58. The largest absolute Gasteiger partial charge is 0.473 e. The van der Waals surface area contributed by atoms with Crippen LogP contribution in [0.1, 0.15) is 79.0 Å². The van der Waals surface area contributed by atoms with Gasteiger partial charge in [0, 0.05) is 41.4 Å². The number of piperidine rings is 1. The van der Waals surface area contributed by atoms with Crippen LogP contribution in [0.25, 0.3) is 21.9 Å². The van der Waals surface area contributed by atoms with Gasteiger partial charge in [0.15, 0.2) is 0 Å². The van der Waals surface area contributed by atoms with Crippen molar-refractivity contribution in [1.29, 1.82) is 0 Å². The van der Waals surface area contributed by atoms with E-state index in [4.69, 9.17) is 24.2 Å². The van der Waals surface area contributed by atoms with E-state index in [-0.39, 0.29) is 30.1 Å². The van der Waals surface area contributed by atoms with Gasteiger partial charge in [0.2, 0.25) is 5.88 Å². The minimum atomic E-state index is -4.43. The fraction of sp³-hybridized carbons (Fsp3) is 0.421. The van der Waals surface area contributed by atoms with Gasteiger partial charge < -0.3 is 18.8 Å². The lowest BCUT2D eigenvalue weighted by Crippen LogP contribution is -2.35. The molecule has 7 rings (SSSR count). The highest BCUT2D eigenvalue weighted by atomic mass is 19.4. The van der Waals surface area contributed by atoms with Crippen molar-refractivity contribution < 1.29 is 32.2 Å². The van der Waals surface area contributed by atoms with Crippen LogP contribution >= 0.6 is 0 Å². The Hall–Kier alpha value is -4.55. The summed E-state index contributed by atoms with van der Waals surface area (Å²) in [5, 5.41) is 0.612. The number of ether oxygens (including phenoxy) is 3. The van der Waals surface area contributed by atoms with Crippen LogP contribution < -0.4 is 4.74 Å². The maximum atomic E-state index is 13.2. The molecule has 0 aliphatic carbocycles. The quantitative estimate of drug-likeness (QED) is 0.146. The first kappa shape index (κ1) is 33.9. The third-order valence-corrected chi connectivity index (χ3v) is 9.29. The Labute approximate surface area is 288 Å². The number of pyridine rings is 2. The summed E-state index contributed by atoms with van der Waals surface area (Å²) in [7, 11) is 0. The van der Waals surface area contributed by atoms with Gasteiger partial charge in [-0.1, -0.05) is 12.1 Å². The highest BCUT2D eigenvalue weighted by Crippen LogP contribution is 2.33. The molecule has 5 heterocycles. The van der Waals surface area contributed by atoms with E-state index in [0.717, 1.165) is 79.2 Å². The molecule has 0 saturated carbocycles. The van der Waals surface area contributed by atoms with E-state index in [1.54, 1.807) is 18.2 Å². The van der Waals surface area contributed by atoms with Crippen molar-refractivity contribution in [2.75, 3.05) is 19.7 Å². The molecular weight excluding hydrogens is 647 g/mol. The molecule has 5 aromatic rings. The van der Waals surface area contributed by atoms with E-state index in [1.807, 2.05) is 45.0 Å². The minimum absolute atomic E-state index is 0.127. The normalized spacial score (nSPS) is 17.6. The fourth-order valence-corrected chi connectivity index (χ4v) is 6.58. The van der Waals surface area contributed by atoms with Crippen LogP contribution in [0, 0.1) is 0 Å². The summed E-state index contributed by atoms with van der Waals surface area (Å²) in [5.41, 5.74) is 2.90. The third kappa shape index (κ3) is 7.61. The van der Waals surface area contributed by atoms with Gasteiger partial charge in [-0.3, -0.25) is 9.88 Å². The van der Waals surface area contributed by atoms with E-state index in [0.29, 0.717) is 29.9 Å². The summed E-state index contributed by atoms with van der Waals surface area (Å²) < 4.78 is 59.2. The van der Waals surface area contributed by atoms with Crippen LogP contribution in [-0.4, -0.2) is 61.8 Å². The van der Waals surface area contributed by atoms with Gasteiger partial charge in [-0.15, -0.1) is 0 Å². The highest BCUT2D eigenvalue weighted by Gasteiger charge is 2.31. The molecule has 0 N–H and O–H groups in total. The second kappa shape index (κ2) is 13.6. The van der Waals surface area contributed by atoms with Crippen LogP contribution in [0.5, 0.6) is 5.88 Å². The van der Waals surface area contributed by atoms with Gasteiger partial charge in [0.1, 0.15) is 18.0 Å². The van der Waals surface area contributed by atoms with E-state index < -0.39 is 17.3 Å². The van der Waals surface area contributed by atoms with Crippen LogP contribution in [0.4, 0.5) is 13.2 Å². The number of aromatic nitrogens is 4. The van der Waals surface area contributed by atoms with Crippen LogP contribution in [0.15, 0.2) is 66.9 Å². The molecule has 50 heavy (non-hydrogen) atoms. The molecule has 0 radical (unpaired) electrons. The molecule has 1 atom stereocenters. The molecule has 1 unspecified atom stereocenters. The smallest absolute Gasteiger partial charge is 0.416 e. The number of hydrogen-bond acceptors (Lipinski definition) is 8. The Kier molecular flexibility index (Phi) is 9.25. The molecule has 0 bridgehead atoms. The average molecular weight is 688 g/mol. The van der Waals surface area contributed by atoms with E-state index >= 15 is 0 Å². The number of nitrogens with zero attached hydrogens (tertiary/aromatic N) is 5. The number of carbonyl (C=O) groups is 1.